The van der Waals surface area contributed by atoms with Crippen LogP contribution in [0.15, 0.2) is 29.2 Å². The summed E-state index contributed by atoms with van der Waals surface area (Å²) >= 11 is 1.45. The lowest BCUT2D eigenvalue weighted by Gasteiger charge is -2.44. The Morgan fingerprint density at radius 3 is 2.81 bits per heavy atom. The molecule has 2 atom stereocenters. The van der Waals surface area contributed by atoms with Crippen LogP contribution in [-0.4, -0.2) is 34.3 Å². The van der Waals surface area contributed by atoms with E-state index in [1.54, 1.807) is 12.1 Å². The Bertz CT molecular complexity index is 503. The summed E-state index contributed by atoms with van der Waals surface area (Å²) in [4.78, 5) is 15.5. The Morgan fingerprint density at radius 2 is 1.95 bits per heavy atom. The molecule has 2 aliphatic rings. The Morgan fingerprint density at radius 1 is 1.19 bits per heavy atom. The van der Waals surface area contributed by atoms with Gasteiger partial charge in [0.1, 0.15) is 5.75 Å². The third-order valence-electron chi connectivity index (χ3n) is 4.78. The Hall–Kier alpha value is -1.16. The molecule has 0 bridgehead atoms. The lowest BCUT2D eigenvalue weighted by atomic mass is 9.78. The third-order valence-corrected chi connectivity index (χ3v) is 5.83. The Kier molecular flexibility index (Phi) is 4.73. The number of hydrogen-bond acceptors (Lipinski definition) is 3. The lowest BCUT2D eigenvalue weighted by molar-refractivity contribution is -0.134. The monoisotopic (exact) mass is 305 g/mol. The van der Waals surface area contributed by atoms with E-state index in [-0.39, 0.29) is 11.7 Å². The van der Waals surface area contributed by atoms with Crippen molar-refractivity contribution in [3.05, 3.63) is 24.3 Å². The van der Waals surface area contributed by atoms with Crippen LogP contribution in [0.3, 0.4) is 0 Å². The molecule has 0 spiro atoms. The zero-order valence-corrected chi connectivity index (χ0v) is 13.1. The van der Waals surface area contributed by atoms with Crippen LogP contribution in [0.5, 0.6) is 5.75 Å². The van der Waals surface area contributed by atoms with Crippen molar-refractivity contribution in [1.82, 2.24) is 4.90 Å². The number of benzene rings is 1. The molecular formula is C17H23NO2S. The van der Waals surface area contributed by atoms with Crippen LogP contribution in [0.2, 0.25) is 0 Å². The van der Waals surface area contributed by atoms with Gasteiger partial charge in [-0.15, -0.1) is 11.8 Å². The van der Waals surface area contributed by atoms with E-state index < -0.39 is 0 Å². The molecule has 114 valence electrons. The molecule has 3 nitrogen and oxygen atoms in total. The van der Waals surface area contributed by atoms with Crippen molar-refractivity contribution in [2.75, 3.05) is 12.3 Å². The second kappa shape index (κ2) is 6.73. The predicted molar refractivity (Wildman–Crippen MR) is 85.5 cm³/mol. The molecule has 1 aliphatic heterocycles. The third kappa shape index (κ3) is 3.37. The molecule has 21 heavy (non-hydrogen) atoms. The van der Waals surface area contributed by atoms with Gasteiger partial charge in [-0.2, -0.15) is 0 Å². The number of phenols is 1. The van der Waals surface area contributed by atoms with Crippen molar-refractivity contribution in [3.8, 4) is 5.75 Å². The van der Waals surface area contributed by atoms with E-state index >= 15 is 0 Å². The molecule has 1 saturated carbocycles. The van der Waals surface area contributed by atoms with Crippen molar-refractivity contribution in [3.63, 3.8) is 0 Å². The number of piperidine rings is 1. The number of hydrogen-bond donors (Lipinski definition) is 1. The fourth-order valence-electron chi connectivity index (χ4n) is 3.74. The topological polar surface area (TPSA) is 40.5 Å². The number of carbonyl (C=O) groups is 1. The highest BCUT2D eigenvalue weighted by Crippen LogP contribution is 2.36. The summed E-state index contributed by atoms with van der Waals surface area (Å²) in [5.41, 5.74) is 0. The highest BCUT2D eigenvalue weighted by molar-refractivity contribution is 8.00. The van der Waals surface area contributed by atoms with Gasteiger partial charge in [-0.3, -0.25) is 4.79 Å². The quantitative estimate of drug-likeness (QED) is 0.866. The largest absolute Gasteiger partial charge is 0.507 e. The van der Waals surface area contributed by atoms with Crippen molar-refractivity contribution < 1.29 is 9.90 Å². The number of likely N-dealkylation sites (tertiary alicyclic amines) is 1. The normalized spacial score (nSPS) is 25.4. The number of aromatic hydroxyl groups is 1. The number of para-hydroxylation sites is 1. The van der Waals surface area contributed by atoms with Crippen molar-refractivity contribution in [2.24, 2.45) is 5.92 Å². The second-order valence-corrected chi connectivity index (χ2v) is 7.11. The number of thioether (sulfide) groups is 1. The zero-order chi connectivity index (χ0) is 14.7. The number of nitrogens with zero attached hydrogens (tertiary/aromatic N) is 1. The molecule has 1 N–H and O–H groups in total. The Balaban J connectivity index is 1.60. The molecule has 1 heterocycles. The number of rotatable bonds is 3. The summed E-state index contributed by atoms with van der Waals surface area (Å²) in [7, 11) is 0. The molecule has 0 radical (unpaired) electrons. The SMILES string of the molecule is O=C(CSc1ccccc1O)N1CCCC2CCCCC21. The fraction of sp³-hybridized carbons (Fsp3) is 0.588. The van der Waals surface area contributed by atoms with Crippen molar-refractivity contribution in [2.45, 2.75) is 49.5 Å². The highest BCUT2D eigenvalue weighted by atomic mass is 32.2. The minimum atomic E-state index is 0.236. The maximum absolute atomic E-state index is 12.6. The molecule has 1 aliphatic carbocycles. The van der Waals surface area contributed by atoms with E-state index in [0.29, 0.717) is 11.8 Å². The van der Waals surface area contributed by atoms with Crippen molar-refractivity contribution in [1.29, 1.82) is 0 Å². The Labute approximate surface area is 130 Å². The van der Waals surface area contributed by atoms with E-state index in [0.717, 1.165) is 23.8 Å². The van der Waals surface area contributed by atoms with Gasteiger partial charge in [0.25, 0.3) is 0 Å². The first-order valence-electron chi connectivity index (χ1n) is 7.96. The van der Waals surface area contributed by atoms with Gasteiger partial charge >= 0.3 is 0 Å². The van der Waals surface area contributed by atoms with E-state index in [1.807, 2.05) is 12.1 Å². The van der Waals surface area contributed by atoms with E-state index in [9.17, 15) is 9.90 Å². The molecule has 4 heteroatoms. The first-order valence-corrected chi connectivity index (χ1v) is 8.94. The number of phenolic OH excluding ortho intramolecular Hbond substituents is 1. The van der Waals surface area contributed by atoms with Crippen molar-refractivity contribution >= 4 is 17.7 Å². The lowest BCUT2D eigenvalue weighted by Crippen LogP contribution is -2.50. The van der Waals surface area contributed by atoms with Crippen LogP contribution >= 0.6 is 11.8 Å². The number of amides is 1. The summed E-state index contributed by atoms with van der Waals surface area (Å²) in [6.45, 7) is 0.918. The number of fused-ring (bicyclic) bond motifs is 1. The summed E-state index contributed by atoms with van der Waals surface area (Å²) in [6, 6.07) is 7.71. The molecule has 0 aromatic heterocycles. The van der Waals surface area contributed by atoms with Gasteiger partial charge in [0.05, 0.1) is 5.75 Å². The molecule has 1 saturated heterocycles. The van der Waals surface area contributed by atoms with Crippen LogP contribution in [0, 0.1) is 5.92 Å². The van der Waals surface area contributed by atoms with Gasteiger partial charge in [0.2, 0.25) is 5.91 Å². The van der Waals surface area contributed by atoms with Crippen LogP contribution in [0.4, 0.5) is 0 Å². The maximum atomic E-state index is 12.6. The van der Waals surface area contributed by atoms with Gasteiger partial charge in [0, 0.05) is 17.5 Å². The zero-order valence-electron chi connectivity index (χ0n) is 12.3. The predicted octanol–water partition coefficient (Wildman–Crippen LogP) is 3.67. The van der Waals surface area contributed by atoms with Gasteiger partial charge in [-0.05, 0) is 43.7 Å². The standard InChI is InChI=1S/C17H23NO2S/c19-15-9-3-4-10-16(15)21-12-17(20)18-11-5-7-13-6-1-2-8-14(13)18/h3-4,9-10,13-14,19H,1-2,5-8,11-12H2. The molecule has 1 amide bonds. The summed E-state index contributed by atoms with van der Waals surface area (Å²) in [5.74, 6) is 1.66. The summed E-state index contributed by atoms with van der Waals surface area (Å²) < 4.78 is 0. The average Bonchev–Trinajstić information content (AvgIpc) is 2.53. The first-order chi connectivity index (χ1) is 10.3. The maximum Gasteiger partial charge on any atom is 0.233 e. The van der Waals surface area contributed by atoms with Gasteiger partial charge < -0.3 is 10.0 Å². The molecule has 3 rings (SSSR count). The van der Waals surface area contributed by atoms with Crippen LogP contribution < -0.4 is 0 Å². The summed E-state index contributed by atoms with van der Waals surface area (Å²) in [5, 5.41) is 9.78. The van der Waals surface area contributed by atoms with E-state index in [1.165, 1.54) is 43.9 Å². The molecule has 1 aromatic carbocycles. The second-order valence-electron chi connectivity index (χ2n) is 6.10. The van der Waals surface area contributed by atoms with Crippen LogP contribution in [0.25, 0.3) is 0 Å². The van der Waals surface area contributed by atoms with Gasteiger partial charge in [-0.25, -0.2) is 0 Å². The minimum Gasteiger partial charge on any atom is -0.507 e. The fourth-order valence-corrected chi connectivity index (χ4v) is 4.57. The molecule has 1 aromatic rings. The number of carbonyl (C=O) groups excluding carboxylic acids is 1. The van der Waals surface area contributed by atoms with Gasteiger partial charge in [-0.1, -0.05) is 25.0 Å². The van der Waals surface area contributed by atoms with E-state index in [2.05, 4.69) is 4.90 Å². The molecular weight excluding hydrogens is 282 g/mol. The minimum absolute atomic E-state index is 0.236. The molecule has 2 fully saturated rings. The highest BCUT2D eigenvalue weighted by Gasteiger charge is 2.35. The van der Waals surface area contributed by atoms with E-state index in [4.69, 9.17) is 0 Å². The van der Waals surface area contributed by atoms with Gasteiger partial charge in [0.15, 0.2) is 0 Å². The average molecular weight is 305 g/mol. The smallest absolute Gasteiger partial charge is 0.233 e. The summed E-state index contributed by atoms with van der Waals surface area (Å²) in [6.07, 6.45) is 7.50. The van der Waals surface area contributed by atoms with Crippen LogP contribution in [-0.2, 0) is 4.79 Å². The first kappa shape index (κ1) is 14.8. The molecule has 2 unspecified atom stereocenters. The van der Waals surface area contributed by atoms with Crippen LogP contribution in [0.1, 0.15) is 38.5 Å².